The summed E-state index contributed by atoms with van der Waals surface area (Å²) in [4.78, 5) is 8.79. The van der Waals surface area contributed by atoms with Crippen LogP contribution >= 0.6 is 0 Å². The zero-order chi connectivity index (χ0) is 21.3. The second-order valence-corrected chi connectivity index (χ2v) is 9.15. The second-order valence-electron chi connectivity index (χ2n) is 7.17. The van der Waals surface area contributed by atoms with Crippen molar-refractivity contribution in [3.05, 3.63) is 54.2 Å². The van der Waals surface area contributed by atoms with E-state index in [4.69, 9.17) is 4.74 Å². The number of rotatable bonds is 5. The van der Waals surface area contributed by atoms with Gasteiger partial charge in [0.25, 0.3) is 0 Å². The van der Waals surface area contributed by atoms with Crippen molar-refractivity contribution >= 4 is 26.9 Å². The van der Waals surface area contributed by atoms with E-state index in [0.29, 0.717) is 48.5 Å². The first-order valence-electron chi connectivity index (χ1n) is 9.39. The van der Waals surface area contributed by atoms with Gasteiger partial charge in [0.15, 0.2) is 11.6 Å². The number of ether oxygens (including phenoxy) is 1. The number of hydrogen-bond donors (Lipinski definition) is 1. The summed E-state index contributed by atoms with van der Waals surface area (Å²) in [5.41, 5.74) is 0.674. The Bertz CT molecular complexity index is 1180. The quantitative estimate of drug-likeness (QED) is 0.661. The molecule has 0 saturated carbocycles. The van der Waals surface area contributed by atoms with Gasteiger partial charge in [0, 0.05) is 36.8 Å². The molecular weight excluding hydrogens is 414 g/mol. The number of halogens is 2. The van der Waals surface area contributed by atoms with Crippen LogP contribution in [0.25, 0.3) is 10.9 Å². The van der Waals surface area contributed by atoms with E-state index in [0.717, 1.165) is 12.1 Å². The van der Waals surface area contributed by atoms with Crippen molar-refractivity contribution in [2.75, 3.05) is 24.7 Å². The second kappa shape index (κ2) is 8.11. The van der Waals surface area contributed by atoms with E-state index >= 15 is 0 Å². The molecule has 1 saturated heterocycles. The molecule has 1 fully saturated rings. The summed E-state index contributed by atoms with van der Waals surface area (Å²) in [5, 5.41) is 3.95. The summed E-state index contributed by atoms with van der Waals surface area (Å²) >= 11 is 0. The highest BCUT2D eigenvalue weighted by Crippen LogP contribution is 2.28. The van der Waals surface area contributed by atoms with E-state index in [1.165, 1.54) is 16.6 Å². The van der Waals surface area contributed by atoms with Crippen LogP contribution in [0.5, 0.6) is 11.5 Å². The summed E-state index contributed by atoms with van der Waals surface area (Å²) in [6.07, 6.45) is 4.19. The Kier molecular flexibility index (Phi) is 5.52. The fourth-order valence-corrected chi connectivity index (χ4v) is 4.22. The Morgan fingerprint density at radius 3 is 2.60 bits per heavy atom. The minimum absolute atomic E-state index is 0.0737. The Hall–Kier alpha value is -2.85. The minimum atomic E-state index is -3.16. The molecule has 1 aliphatic heterocycles. The van der Waals surface area contributed by atoms with E-state index in [9.17, 15) is 17.2 Å². The lowest BCUT2D eigenvalue weighted by molar-refractivity contribution is 0.331. The number of fused-ring (bicyclic) bond motifs is 1. The zero-order valence-corrected chi connectivity index (χ0v) is 17.0. The number of anilines is 1. The molecule has 2 heterocycles. The van der Waals surface area contributed by atoms with Crippen molar-refractivity contribution in [2.24, 2.45) is 0 Å². The lowest BCUT2D eigenvalue weighted by atomic mass is 10.1. The van der Waals surface area contributed by atoms with E-state index in [1.54, 1.807) is 24.4 Å². The first-order chi connectivity index (χ1) is 14.3. The molecule has 1 aromatic heterocycles. The molecule has 30 heavy (non-hydrogen) atoms. The third-order valence-electron chi connectivity index (χ3n) is 4.93. The SMILES string of the molecule is CS(=O)(=O)N1CCC(Nc2ncc3cc(Oc4ccc(F)cc4F)ccc3n2)CC1. The molecule has 0 spiro atoms. The number of sulfonamides is 1. The van der Waals surface area contributed by atoms with Crippen LogP contribution in [0.3, 0.4) is 0 Å². The number of nitrogens with zero attached hydrogens (tertiary/aromatic N) is 3. The van der Waals surface area contributed by atoms with Gasteiger partial charge in [0.1, 0.15) is 11.6 Å². The number of nitrogens with one attached hydrogen (secondary N) is 1. The Morgan fingerprint density at radius 2 is 1.90 bits per heavy atom. The molecule has 10 heteroatoms. The van der Waals surface area contributed by atoms with Gasteiger partial charge in [0.05, 0.1) is 11.8 Å². The van der Waals surface area contributed by atoms with Crippen LogP contribution in [-0.2, 0) is 10.0 Å². The van der Waals surface area contributed by atoms with Gasteiger partial charge < -0.3 is 10.1 Å². The van der Waals surface area contributed by atoms with Crippen LogP contribution in [0, 0.1) is 11.6 Å². The maximum Gasteiger partial charge on any atom is 0.223 e. The van der Waals surface area contributed by atoms with Crippen molar-refractivity contribution < 1.29 is 21.9 Å². The average molecular weight is 434 g/mol. The van der Waals surface area contributed by atoms with Gasteiger partial charge in [-0.2, -0.15) is 0 Å². The number of benzene rings is 2. The molecular formula is C20H20F2N4O3S. The molecule has 2 aromatic carbocycles. The molecule has 0 amide bonds. The maximum absolute atomic E-state index is 13.8. The highest BCUT2D eigenvalue weighted by atomic mass is 32.2. The lowest BCUT2D eigenvalue weighted by Crippen LogP contribution is -2.42. The summed E-state index contributed by atoms with van der Waals surface area (Å²) in [7, 11) is -3.16. The van der Waals surface area contributed by atoms with Crippen LogP contribution in [0.1, 0.15) is 12.8 Å². The van der Waals surface area contributed by atoms with Gasteiger partial charge in [-0.05, 0) is 43.2 Å². The largest absolute Gasteiger partial charge is 0.454 e. The third kappa shape index (κ3) is 4.65. The van der Waals surface area contributed by atoms with Gasteiger partial charge >= 0.3 is 0 Å². The molecule has 0 bridgehead atoms. The fraction of sp³-hybridized carbons (Fsp3) is 0.300. The Balaban J connectivity index is 1.44. The third-order valence-corrected chi connectivity index (χ3v) is 6.23. The minimum Gasteiger partial charge on any atom is -0.454 e. The van der Waals surface area contributed by atoms with Gasteiger partial charge in [-0.1, -0.05) is 0 Å². The smallest absolute Gasteiger partial charge is 0.223 e. The van der Waals surface area contributed by atoms with Crippen LogP contribution in [-0.4, -0.2) is 48.1 Å². The molecule has 1 aliphatic rings. The molecule has 4 rings (SSSR count). The van der Waals surface area contributed by atoms with Gasteiger partial charge in [-0.15, -0.1) is 0 Å². The van der Waals surface area contributed by atoms with E-state index in [-0.39, 0.29) is 11.8 Å². The van der Waals surface area contributed by atoms with Crippen molar-refractivity contribution in [1.29, 1.82) is 0 Å². The highest BCUT2D eigenvalue weighted by Gasteiger charge is 2.25. The summed E-state index contributed by atoms with van der Waals surface area (Å²) in [6, 6.07) is 8.25. The predicted octanol–water partition coefficient (Wildman–Crippen LogP) is 3.54. The van der Waals surface area contributed by atoms with E-state index in [2.05, 4.69) is 15.3 Å². The lowest BCUT2D eigenvalue weighted by Gasteiger charge is -2.30. The number of piperidine rings is 1. The fourth-order valence-electron chi connectivity index (χ4n) is 3.34. The standard InChI is InChI=1S/C20H20F2N4O3S/c1-30(27,28)26-8-6-15(7-9-26)24-20-23-12-13-10-16(3-4-18(13)25-20)29-19-5-2-14(21)11-17(19)22/h2-5,10-12,15H,6-9H2,1H3,(H,23,24,25). The average Bonchev–Trinajstić information content (AvgIpc) is 2.70. The maximum atomic E-state index is 13.8. The predicted molar refractivity (Wildman–Crippen MR) is 109 cm³/mol. The molecule has 0 radical (unpaired) electrons. The summed E-state index contributed by atoms with van der Waals surface area (Å²) in [5.74, 6) is -0.694. The molecule has 7 nitrogen and oxygen atoms in total. The zero-order valence-electron chi connectivity index (χ0n) is 16.2. The monoisotopic (exact) mass is 434 g/mol. The van der Waals surface area contributed by atoms with Gasteiger partial charge in [0.2, 0.25) is 16.0 Å². The van der Waals surface area contributed by atoms with Crippen molar-refractivity contribution in [1.82, 2.24) is 14.3 Å². The topological polar surface area (TPSA) is 84.4 Å². The van der Waals surface area contributed by atoms with Crippen LogP contribution in [0.4, 0.5) is 14.7 Å². The van der Waals surface area contributed by atoms with Crippen LogP contribution in [0.2, 0.25) is 0 Å². The van der Waals surface area contributed by atoms with E-state index < -0.39 is 21.7 Å². The van der Waals surface area contributed by atoms with Crippen molar-refractivity contribution in [3.8, 4) is 11.5 Å². The normalized spacial score (nSPS) is 16.0. The Labute approximate surface area is 172 Å². The Morgan fingerprint density at radius 1 is 1.13 bits per heavy atom. The molecule has 0 atom stereocenters. The van der Waals surface area contributed by atoms with Gasteiger partial charge in [-0.25, -0.2) is 31.5 Å². The van der Waals surface area contributed by atoms with Gasteiger partial charge in [-0.3, -0.25) is 0 Å². The van der Waals surface area contributed by atoms with Crippen LogP contribution in [0.15, 0.2) is 42.6 Å². The highest BCUT2D eigenvalue weighted by molar-refractivity contribution is 7.88. The van der Waals surface area contributed by atoms with E-state index in [1.807, 2.05) is 0 Å². The molecule has 1 N–H and O–H groups in total. The first kappa shape index (κ1) is 20.4. The molecule has 158 valence electrons. The summed E-state index contributed by atoms with van der Waals surface area (Å²) < 4.78 is 57.0. The number of hydrogen-bond acceptors (Lipinski definition) is 6. The van der Waals surface area contributed by atoms with Crippen molar-refractivity contribution in [2.45, 2.75) is 18.9 Å². The molecule has 0 aliphatic carbocycles. The van der Waals surface area contributed by atoms with Crippen LogP contribution < -0.4 is 10.1 Å². The number of aromatic nitrogens is 2. The van der Waals surface area contributed by atoms with Crippen molar-refractivity contribution in [3.63, 3.8) is 0 Å². The molecule has 3 aromatic rings. The molecule has 0 unspecified atom stereocenters. The first-order valence-corrected chi connectivity index (χ1v) is 11.2. The summed E-state index contributed by atoms with van der Waals surface area (Å²) in [6.45, 7) is 0.926.